The van der Waals surface area contributed by atoms with Crippen LogP contribution in [0.25, 0.3) is 21.9 Å². The van der Waals surface area contributed by atoms with Gasteiger partial charge in [0.15, 0.2) is 5.96 Å². The van der Waals surface area contributed by atoms with Crippen molar-refractivity contribution in [1.82, 2.24) is 25.2 Å². The highest BCUT2D eigenvalue weighted by Gasteiger charge is 2.03. The highest BCUT2D eigenvalue weighted by atomic mass is 15.2. The molecular formula is C22H26N6. The molecule has 6 heteroatoms. The molecule has 4 rings (SSSR count). The Hall–Kier alpha value is -3.28. The minimum atomic E-state index is 0.779. The molecule has 2 aromatic heterocycles. The molecule has 0 fully saturated rings. The SMILES string of the molecule is CN=C(NCCCn1ccc2ccccc21)NCCc1nc2ccccc2[nH]1. The normalized spacial score (nSPS) is 12.0. The zero-order valence-corrected chi connectivity index (χ0v) is 16.2. The molecule has 0 amide bonds. The first kappa shape index (κ1) is 18.1. The van der Waals surface area contributed by atoms with Gasteiger partial charge in [-0.1, -0.05) is 30.3 Å². The van der Waals surface area contributed by atoms with Crippen LogP contribution in [0.4, 0.5) is 0 Å². The van der Waals surface area contributed by atoms with Crippen LogP contribution in [0.3, 0.4) is 0 Å². The molecule has 3 N–H and O–H groups in total. The van der Waals surface area contributed by atoms with Gasteiger partial charge in [0, 0.05) is 44.8 Å². The lowest BCUT2D eigenvalue weighted by molar-refractivity contribution is 0.640. The Bertz CT molecular complexity index is 1040. The maximum atomic E-state index is 4.61. The second kappa shape index (κ2) is 8.61. The van der Waals surface area contributed by atoms with Crippen LogP contribution in [-0.4, -0.2) is 40.6 Å². The summed E-state index contributed by atoms with van der Waals surface area (Å²) in [7, 11) is 1.80. The second-order valence-corrected chi connectivity index (χ2v) is 6.80. The lowest BCUT2D eigenvalue weighted by atomic mass is 10.2. The van der Waals surface area contributed by atoms with E-state index in [0.717, 1.165) is 55.3 Å². The first-order valence-corrected chi connectivity index (χ1v) is 9.75. The average molecular weight is 374 g/mol. The van der Waals surface area contributed by atoms with E-state index in [1.54, 1.807) is 7.05 Å². The third kappa shape index (κ3) is 4.17. The lowest BCUT2D eigenvalue weighted by Crippen LogP contribution is -2.39. The third-order valence-electron chi connectivity index (χ3n) is 4.86. The summed E-state index contributed by atoms with van der Waals surface area (Å²) in [5.74, 6) is 1.82. The molecule has 0 bridgehead atoms. The summed E-state index contributed by atoms with van der Waals surface area (Å²) >= 11 is 0. The maximum Gasteiger partial charge on any atom is 0.190 e. The number of aromatic nitrogens is 3. The highest BCUT2D eigenvalue weighted by molar-refractivity contribution is 5.80. The molecule has 2 heterocycles. The van der Waals surface area contributed by atoms with Crippen LogP contribution in [0.15, 0.2) is 65.8 Å². The van der Waals surface area contributed by atoms with Gasteiger partial charge in [-0.3, -0.25) is 4.99 Å². The standard InChI is InChI=1S/C22H26N6/c1-23-22(25-14-11-21-26-18-8-3-4-9-19(18)27-21)24-13-6-15-28-16-12-17-7-2-5-10-20(17)28/h2-5,7-10,12,16H,6,11,13-15H2,1H3,(H,26,27)(H2,23,24,25). The summed E-state index contributed by atoms with van der Waals surface area (Å²) in [6.07, 6.45) is 4.01. The topological polar surface area (TPSA) is 70.0 Å². The van der Waals surface area contributed by atoms with E-state index in [1.807, 2.05) is 24.3 Å². The van der Waals surface area contributed by atoms with Crippen molar-refractivity contribution in [3.05, 3.63) is 66.6 Å². The fourth-order valence-electron chi connectivity index (χ4n) is 3.44. The molecule has 6 nitrogen and oxygen atoms in total. The Kier molecular flexibility index (Phi) is 5.56. The number of nitrogens with one attached hydrogen (secondary N) is 3. The van der Waals surface area contributed by atoms with Crippen molar-refractivity contribution in [3.8, 4) is 0 Å². The molecule has 0 saturated carbocycles. The van der Waals surface area contributed by atoms with Gasteiger partial charge in [-0.15, -0.1) is 0 Å². The van der Waals surface area contributed by atoms with Crippen molar-refractivity contribution in [2.45, 2.75) is 19.4 Å². The number of hydrogen-bond acceptors (Lipinski definition) is 2. The van der Waals surface area contributed by atoms with Gasteiger partial charge in [0.05, 0.1) is 11.0 Å². The van der Waals surface area contributed by atoms with Crippen LogP contribution in [0.5, 0.6) is 0 Å². The number of aliphatic imine (C=N–C) groups is 1. The van der Waals surface area contributed by atoms with Crippen molar-refractivity contribution in [1.29, 1.82) is 0 Å². The van der Waals surface area contributed by atoms with Crippen LogP contribution in [0, 0.1) is 0 Å². The van der Waals surface area contributed by atoms with Gasteiger partial charge in [-0.25, -0.2) is 4.98 Å². The summed E-state index contributed by atoms with van der Waals surface area (Å²) in [4.78, 5) is 12.3. The molecule has 0 unspecified atom stereocenters. The molecule has 4 aromatic rings. The minimum absolute atomic E-state index is 0.779. The molecule has 28 heavy (non-hydrogen) atoms. The largest absolute Gasteiger partial charge is 0.356 e. The zero-order chi connectivity index (χ0) is 19.2. The van der Waals surface area contributed by atoms with Crippen LogP contribution in [-0.2, 0) is 13.0 Å². The highest BCUT2D eigenvalue weighted by Crippen LogP contribution is 2.15. The van der Waals surface area contributed by atoms with Crippen LogP contribution >= 0.6 is 0 Å². The lowest BCUT2D eigenvalue weighted by Gasteiger charge is -2.12. The maximum absolute atomic E-state index is 4.61. The van der Waals surface area contributed by atoms with Crippen molar-refractivity contribution in [2.75, 3.05) is 20.1 Å². The van der Waals surface area contributed by atoms with Gasteiger partial charge in [0.1, 0.15) is 5.82 Å². The number of para-hydroxylation sites is 3. The van der Waals surface area contributed by atoms with E-state index in [4.69, 9.17) is 0 Å². The van der Waals surface area contributed by atoms with E-state index in [1.165, 1.54) is 10.9 Å². The molecule has 0 spiro atoms. The van der Waals surface area contributed by atoms with Gasteiger partial charge in [0.2, 0.25) is 0 Å². The quantitative estimate of drug-likeness (QED) is 0.264. The molecule has 0 aliphatic rings. The van der Waals surface area contributed by atoms with E-state index in [9.17, 15) is 0 Å². The average Bonchev–Trinajstić information content (AvgIpc) is 3.33. The summed E-state index contributed by atoms with van der Waals surface area (Å²) in [5.41, 5.74) is 3.38. The predicted octanol–water partition coefficient (Wildman–Crippen LogP) is 3.32. The first-order valence-electron chi connectivity index (χ1n) is 9.75. The van der Waals surface area contributed by atoms with E-state index in [0.29, 0.717) is 0 Å². The van der Waals surface area contributed by atoms with Crippen molar-refractivity contribution < 1.29 is 0 Å². The van der Waals surface area contributed by atoms with Crippen LogP contribution in [0.1, 0.15) is 12.2 Å². The summed E-state index contributed by atoms with van der Waals surface area (Å²) in [5, 5.41) is 8.04. The monoisotopic (exact) mass is 374 g/mol. The molecule has 2 aromatic carbocycles. The molecule has 0 aliphatic heterocycles. The fraction of sp³-hybridized carbons (Fsp3) is 0.273. The van der Waals surface area contributed by atoms with Crippen molar-refractivity contribution >= 4 is 27.9 Å². The number of guanidine groups is 1. The summed E-state index contributed by atoms with van der Waals surface area (Å²) in [6.45, 7) is 2.63. The van der Waals surface area contributed by atoms with E-state index < -0.39 is 0 Å². The number of hydrogen-bond donors (Lipinski definition) is 3. The number of benzene rings is 2. The molecule has 0 atom stereocenters. The first-order chi connectivity index (χ1) is 13.8. The van der Waals surface area contributed by atoms with Crippen molar-refractivity contribution in [3.63, 3.8) is 0 Å². The van der Waals surface area contributed by atoms with Gasteiger partial charge >= 0.3 is 0 Å². The Morgan fingerprint density at radius 1 is 1.04 bits per heavy atom. The number of H-pyrrole nitrogens is 1. The van der Waals surface area contributed by atoms with Gasteiger partial charge in [-0.05, 0) is 36.1 Å². The fourth-order valence-corrected chi connectivity index (χ4v) is 3.44. The Morgan fingerprint density at radius 3 is 2.75 bits per heavy atom. The van der Waals surface area contributed by atoms with E-state index >= 15 is 0 Å². The Labute approximate surface area is 164 Å². The number of aromatic amines is 1. The zero-order valence-electron chi connectivity index (χ0n) is 16.2. The summed E-state index contributed by atoms with van der Waals surface area (Å²) in [6, 6.07) is 18.8. The number of fused-ring (bicyclic) bond motifs is 2. The van der Waals surface area contributed by atoms with Crippen LogP contribution < -0.4 is 10.6 Å². The third-order valence-corrected chi connectivity index (χ3v) is 4.86. The Balaban J connectivity index is 1.20. The molecule has 0 radical (unpaired) electrons. The molecule has 144 valence electrons. The number of rotatable bonds is 7. The van der Waals surface area contributed by atoms with Crippen molar-refractivity contribution in [2.24, 2.45) is 4.99 Å². The van der Waals surface area contributed by atoms with Gasteiger partial charge in [-0.2, -0.15) is 0 Å². The van der Waals surface area contributed by atoms with Gasteiger partial charge < -0.3 is 20.2 Å². The molecule has 0 aliphatic carbocycles. The number of aryl methyl sites for hydroxylation is 1. The summed E-state index contributed by atoms with van der Waals surface area (Å²) < 4.78 is 2.30. The minimum Gasteiger partial charge on any atom is -0.356 e. The van der Waals surface area contributed by atoms with Gasteiger partial charge in [0.25, 0.3) is 0 Å². The number of nitrogens with zero attached hydrogens (tertiary/aromatic N) is 3. The molecule has 0 saturated heterocycles. The second-order valence-electron chi connectivity index (χ2n) is 6.80. The van der Waals surface area contributed by atoms with E-state index in [-0.39, 0.29) is 0 Å². The smallest absolute Gasteiger partial charge is 0.190 e. The predicted molar refractivity (Wildman–Crippen MR) is 116 cm³/mol. The van der Waals surface area contributed by atoms with E-state index in [2.05, 4.69) is 66.7 Å². The Morgan fingerprint density at radius 2 is 1.86 bits per heavy atom. The molecular weight excluding hydrogens is 348 g/mol. The van der Waals surface area contributed by atoms with Crippen LogP contribution in [0.2, 0.25) is 0 Å². The number of imidazole rings is 1.